The summed E-state index contributed by atoms with van der Waals surface area (Å²) in [5.74, 6) is -0.434. The molecule has 0 aromatic heterocycles. The van der Waals surface area contributed by atoms with Crippen LogP contribution in [-0.4, -0.2) is 67.9 Å². The minimum atomic E-state index is -3.58. The van der Waals surface area contributed by atoms with Crippen molar-refractivity contribution in [3.63, 3.8) is 0 Å². The third kappa shape index (κ3) is 3.13. The van der Waals surface area contributed by atoms with Crippen molar-refractivity contribution < 1.29 is 17.9 Å². The fraction of sp³-hybridized carbons (Fsp3) is 0.917. The van der Waals surface area contributed by atoms with Gasteiger partial charge >= 0.3 is 5.97 Å². The Morgan fingerprint density at radius 2 is 2.15 bits per heavy atom. The van der Waals surface area contributed by atoms with Crippen LogP contribution in [-0.2, 0) is 19.7 Å². The highest BCUT2D eigenvalue weighted by Gasteiger charge is 2.43. The van der Waals surface area contributed by atoms with Gasteiger partial charge in [-0.25, -0.2) is 0 Å². The molecule has 2 atom stereocenters. The average molecular weight is 305 g/mol. The molecule has 2 unspecified atom stereocenters. The van der Waals surface area contributed by atoms with Gasteiger partial charge in [0.2, 0.25) is 0 Å². The van der Waals surface area contributed by atoms with Gasteiger partial charge in [0.25, 0.3) is 10.2 Å². The second kappa shape index (κ2) is 6.38. The van der Waals surface area contributed by atoms with Crippen molar-refractivity contribution >= 4 is 16.2 Å². The van der Waals surface area contributed by atoms with E-state index in [0.29, 0.717) is 39.0 Å². The Morgan fingerprint density at radius 3 is 2.80 bits per heavy atom. The lowest BCUT2D eigenvalue weighted by molar-refractivity contribution is -0.146. The fourth-order valence-corrected chi connectivity index (χ4v) is 4.65. The smallest absolute Gasteiger partial charge is 0.324 e. The van der Waals surface area contributed by atoms with Crippen LogP contribution in [0.25, 0.3) is 0 Å². The molecular weight excluding hydrogens is 282 g/mol. The van der Waals surface area contributed by atoms with Crippen molar-refractivity contribution in [2.75, 3.05) is 32.8 Å². The lowest BCUT2D eigenvalue weighted by atomic mass is 10.2. The summed E-state index contributed by atoms with van der Waals surface area (Å²) in [5.41, 5.74) is 0. The number of piperazine rings is 1. The van der Waals surface area contributed by atoms with Gasteiger partial charge in [0.15, 0.2) is 0 Å². The first kappa shape index (κ1) is 15.7. The van der Waals surface area contributed by atoms with E-state index < -0.39 is 22.2 Å². The number of nitrogens with one attached hydrogen (secondary N) is 1. The van der Waals surface area contributed by atoms with Crippen molar-refractivity contribution in [3.05, 3.63) is 0 Å². The molecule has 2 aliphatic rings. The van der Waals surface area contributed by atoms with Gasteiger partial charge in [0, 0.05) is 32.2 Å². The number of nitrogens with zero attached hydrogens (tertiary/aromatic N) is 2. The Bertz CT molecular complexity index is 454. The predicted molar refractivity (Wildman–Crippen MR) is 74.3 cm³/mol. The standard InChI is InChI=1S/C12H23N3O4S/c1-3-19-12(16)11-5-4-7-15(11)20(17,18)14-8-6-13-10(2)9-14/h10-11,13H,3-9H2,1-2H3. The molecule has 0 amide bonds. The molecule has 116 valence electrons. The van der Waals surface area contributed by atoms with Crippen LogP contribution in [0.2, 0.25) is 0 Å². The van der Waals surface area contributed by atoms with E-state index >= 15 is 0 Å². The summed E-state index contributed by atoms with van der Waals surface area (Å²) in [6, 6.07) is -0.535. The Labute approximate surface area is 120 Å². The third-order valence-corrected chi connectivity index (χ3v) is 5.73. The Kier molecular flexibility index (Phi) is 5.00. The molecule has 2 heterocycles. The first-order valence-electron chi connectivity index (χ1n) is 7.13. The Balaban J connectivity index is 2.13. The molecule has 0 saturated carbocycles. The molecule has 7 nitrogen and oxygen atoms in total. The molecule has 0 aromatic carbocycles. The summed E-state index contributed by atoms with van der Waals surface area (Å²) in [4.78, 5) is 11.9. The van der Waals surface area contributed by atoms with Crippen molar-refractivity contribution in [3.8, 4) is 0 Å². The lowest BCUT2D eigenvalue weighted by Gasteiger charge is -2.35. The fourth-order valence-electron chi connectivity index (χ4n) is 2.75. The summed E-state index contributed by atoms with van der Waals surface area (Å²) in [6.07, 6.45) is 1.24. The molecule has 0 radical (unpaired) electrons. The summed E-state index contributed by atoms with van der Waals surface area (Å²) in [6.45, 7) is 5.86. The van der Waals surface area contributed by atoms with Gasteiger partial charge < -0.3 is 10.1 Å². The zero-order chi connectivity index (χ0) is 14.8. The number of rotatable bonds is 4. The second-order valence-corrected chi connectivity index (χ2v) is 7.12. The quantitative estimate of drug-likeness (QED) is 0.712. The molecule has 0 bridgehead atoms. The van der Waals surface area contributed by atoms with E-state index in [4.69, 9.17) is 4.74 Å². The minimum absolute atomic E-state index is 0.127. The number of carbonyl (C=O) groups is 1. The molecule has 8 heteroatoms. The van der Waals surface area contributed by atoms with Crippen LogP contribution in [0.1, 0.15) is 26.7 Å². The van der Waals surface area contributed by atoms with E-state index in [1.807, 2.05) is 6.92 Å². The van der Waals surface area contributed by atoms with E-state index in [-0.39, 0.29) is 12.6 Å². The maximum atomic E-state index is 12.7. The van der Waals surface area contributed by atoms with E-state index in [2.05, 4.69) is 5.32 Å². The Morgan fingerprint density at radius 1 is 1.40 bits per heavy atom. The largest absolute Gasteiger partial charge is 0.465 e. The minimum Gasteiger partial charge on any atom is -0.465 e. The Hall–Kier alpha value is -0.700. The molecular formula is C12H23N3O4S. The summed E-state index contributed by atoms with van der Waals surface area (Å²) in [7, 11) is -3.58. The van der Waals surface area contributed by atoms with Crippen LogP contribution in [0.5, 0.6) is 0 Å². The highest BCUT2D eigenvalue weighted by Crippen LogP contribution is 2.25. The van der Waals surface area contributed by atoms with Crippen LogP contribution in [0.3, 0.4) is 0 Å². The van der Waals surface area contributed by atoms with Crippen LogP contribution < -0.4 is 5.32 Å². The molecule has 2 saturated heterocycles. The van der Waals surface area contributed by atoms with Gasteiger partial charge in [-0.3, -0.25) is 4.79 Å². The molecule has 20 heavy (non-hydrogen) atoms. The van der Waals surface area contributed by atoms with Crippen LogP contribution in [0, 0.1) is 0 Å². The molecule has 2 aliphatic heterocycles. The number of ether oxygens (including phenoxy) is 1. The number of esters is 1. The molecule has 0 aromatic rings. The molecule has 0 aliphatic carbocycles. The molecule has 1 N–H and O–H groups in total. The van der Waals surface area contributed by atoms with Gasteiger partial charge in [0.05, 0.1) is 6.61 Å². The highest BCUT2D eigenvalue weighted by molar-refractivity contribution is 7.86. The summed E-state index contributed by atoms with van der Waals surface area (Å²) >= 11 is 0. The number of carbonyl (C=O) groups excluding carboxylic acids is 1. The van der Waals surface area contributed by atoms with Crippen LogP contribution in [0.15, 0.2) is 0 Å². The SMILES string of the molecule is CCOC(=O)C1CCCN1S(=O)(=O)N1CCNC(C)C1. The maximum absolute atomic E-state index is 12.7. The monoisotopic (exact) mass is 305 g/mol. The van der Waals surface area contributed by atoms with Crippen molar-refractivity contribution in [2.24, 2.45) is 0 Å². The summed E-state index contributed by atoms with van der Waals surface area (Å²) < 4.78 is 33.1. The zero-order valence-corrected chi connectivity index (χ0v) is 12.9. The van der Waals surface area contributed by atoms with Gasteiger partial charge in [-0.15, -0.1) is 0 Å². The lowest BCUT2D eigenvalue weighted by Crippen LogP contribution is -2.56. The van der Waals surface area contributed by atoms with Crippen LogP contribution in [0.4, 0.5) is 0 Å². The first-order valence-corrected chi connectivity index (χ1v) is 8.53. The first-order chi connectivity index (χ1) is 9.46. The predicted octanol–water partition coefficient (Wildman–Crippen LogP) is -0.448. The van der Waals surface area contributed by atoms with Crippen molar-refractivity contribution in [2.45, 2.75) is 38.8 Å². The van der Waals surface area contributed by atoms with E-state index in [1.165, 1.54) is 8.61 Å². The number of hydrogen-bond acceptors (Lipinski definition) is 5. The van der Waals surface area contributed by atoms with E-state index in [9.17, 15) is 13.2 Å². The third-order valence-electron chi connectivity index (χ3n) is 3.72. The van der Waals surface area contributed by atoms with E-state index in [1.54, 1.807) is 6.92 Å². The van der Waals surface area contributed by atoms with Gasteiger partial charge in [0.1, 0.15) is 6.04 Å². The van der Waals surface area contributed by atoms with Crippen molar-refractivity contribution in [1.82, 2.24) is 13.9 Å². The van der Waals surface area contributed by atoms with Gasteiger partial charge in [-0.1, -0.05) is 0 Å². The van der Waals surface area contributed by atoms with Gasteiger partial charge in [-0.2, -0.15) is 17.0 Å². The molecule has 2 rings (SSSR count). The van der Waals surface area contributed by atoms with E-state index in [0.717, 1.165) is 0 Å². The zero-order valence-electron chi connectivity index (χ0n) is 12.0. The topological polar surface area (TPSA) is 79.0 Å². The van der Waals surface area contributed by atoms with Crippen molar-refractivity contribution in [1.29, 1.82) is 0 Å². The maximum Gasteiger partial charge on any atom is 0.324 e. The number of hydrogen-bond donors (Lipinski definition) is 1. The highest BCUT2D eigenvalue weighted by atomic mass is 32.2. The normalized spacial score (nSPS) is 29.5. The summed E-state index contributed by atoms with van der Waals surface area (Å²) in [5, 5.41) is 3.21. The van der Waals surface area contributed by atoms with Gasteiger partial charge in [-0.05, 0) is 26.7 Å². The van der Waals surface area contributed by atoms with Crippen LogP contribution >= 0.6 is 0 Å². The molecule has 0 spiro atoms. The average Bonchev–Trinajstić information content (AvgIpc) is 2.89. The molecule has 2 fully saturated rings. The second-order valence-electron chi connectivity index (χ2n) is 5.24.